The van der Waals surface area contributed by atoms with Crippen molar-refractivity contribution in [1.29, 1.82) is 0 Å². The number of nitrogens with two attached hydrogens (primary N) is 1. The molecule has 0 heterocycles. The number of benzene rings is 1. The molecule has 3 saturated carbocycles. The molecule has 21 heavy (non-hydrogen) atoms. The summed E-state index contributed by atoms with van der Waals surface area (Å²) in [4.78, 5) is 0.298. The van der Waals surface area contributed by atoms with Crippen molar-refractivity contribution in [2.75, 3.05) is 5.73 Å². The first-order valence-corrected chi connectivity index (χ1v) is 9.74. The van der Waals surface area contributed by atoms with E-state index in [2.05, 4.69) is 20.7 Å². The number of sulfonamides is 1. The van der Waals surface area contributed by atoms with E-state index in [1.54, 1.807) is 19.1 Å². The second kappa shape index (κ2) is 4.46. The molecular weight excluding hydrogens is 352 g/mol. The molecule has 2 bridgehead atoms. The summed E-state index contributed by atoms with van der Waals surface area (Å²) in [6.45, 7) is 1.76. The molecule has 3 aliphatic rings. The predicted molar refractivity (Wildman–Crippen MR) is 85.2 cm³/mol. The molecule has 0 radical (unpaired) electrons. The molecule has 0 aliphatic heterocycles. The highest BCUT2D eigenvalue weighted by Crippen LogP contribution is 2.65. The molecule has 3 N–H and O–H groups in total. The van der Waals surface area contributed by atoms with E-state index < -0.39 is 10.0 Å². The summed E-state index contributed by atoms with van der Waals surface area (Å²) < 4.78 is 29.0. The summed E-state index contributed by atoms with van der Waals surface area (Å²) >= 11 is 3.33. The van der Waals surface area contributed by atoms with Gasteiger partial charge >= 0.3 is 0 Å². The third-order valence-corrected chi connectivity index (χ3v) is 7.72. The van der Waals surface area contributed by atoms with E-state index in [0.29, 0.717) is 32.5 Å². The molecule has 114 valence electrons. The molecular formula is C15H19BrN2O2S. The highest BCUT2D eigenvalue weighted by Gasteiger charge is 2.65. The van der Waals surface area contributed by atoms with E-state index in [1.807, 2.05) is 0 Å². The van der Waals surface area contributed by atoms with E-state index in [4.69, 9.17) is 5.73 Å². The summed E-state index contributed by atoms with van der Waals surface area (Å²) in [5.74, 6) is 2.68. The fourth-order valence-corrected chi connectivity index (χ4v) is 6.91. The van der Waals surface area contributed by atoms with E-state index in [-0.39, 0.29) is 6.04 Å². The fraction of sp³-hybridized carbons (Fsp3) is 0.600. The van der Waals surface area contributed by atoms with Gasteiger partial charge in [-0.1, -0.05) is 15.9 Å². The fourth-order valence-electron chi connectivity index (χ4n) is 4.68. The molecule has 6 heteroatoms. The first-order valence-electron chi connectivity index (χ1n) is 7.46. The lowest BCUT2D eigenvalue weighted by Gasteiger charge is -2.14. The number of nitrogen functional groups attached to an aromatic ring is 1. The third kappa shape index (κ3) is 2.06. The maximum absolute atomic E-state index is 12.7. The van der Waals surface area contributed by atoms with Crippen LogP contribution in [-0.2, 0) is 10.0 Å². The Bertz CT molecular complexity index is 703. The third-order valence-electron chi connectivity index (χ3n) is 5.68. The quantitative estimate of drug-likeness (QED) is 0.803. The van der Waals surface area contributed by atoms with Crippen LogP contribution in [0.2, 0.25) is 0 Å². The van der Waals surface area contributed by atoms with Crippen LogP contribution in [0.3, 0.4) is 0 Å². The normalized spacial score (nSPS) is 36.8. The van der Waals surface area contributed by atoms with E-state index >= 15 is 0 Å². The smallest absolute Gasteiger partial charge is 0.241 e. The number of fused-ring (bicyclic) bond motifs is 5. The summed E-state index contributed by atoms with van der Waals surface area (Å²) in [6.07, 6.45) is 3.89. The van der Waals surface area contributed by atoms with Crippen LogP contribution >= 0.6 is 15.9 Å². The van der Waals surface area contributed by atoms with Crippen LogP contribution in [0, 0.1) is 30.6 Å². The van der Waals surface area contributed by atoms with E-state index in [9.17, 15) is 8.42 Å². The van der Waals surface area contributed by atoms with Gasteiger partial charge in [-0.2, -0.15) is 0 Å². The molecule has 1 aromatic rings. The van der Waals surface area contributed by atoms with Gasteiger partial charge in [0.2, 0.25) is 10.0 Å². The Morgan fingerprint density at radius 3 is 2.48 bits per heavy atom. The molecule has 4 unspecified atom stereocenters. The van der Waals surface area contributed by atoms with E-state index in [1.165, 1.54) is 19.3 Å². The van der Waals surface area contributed by atoms with Gasteiger partial charge in [0.15, 0.2) is 0 Å². The first kappa shape index (κ1) is 14.0. The number of hydrogen-bond acceptors (Lipinski definition) is 3. The van der Waals surface area contributed by atoms with Crippen LogP contribution in [0.5, 0.6) is 0 Å². The van der Waals surface area contributed by atoms with Crippen molar-refractivity contribution in [3.8, 4) is 0 Å². The number of halogens is 1. The molecule has 0 amide bonds. The molecule has 3 aliphatic carbocycles. The van der Waals surface area contributed by atoms with Crippen molar-refractivity contribution in [3.05, 3.63) is 22.2 Å². The van der Waals surface area contributed by atoms with Gasteiger partial charge in [-0.05, 0) is 67.6 Å². The minimum absolute atomic E-state index is 0.154. The predicted octanol–water partition coefficient (Wildman–Crippen LogP) is 2.66. The maximum atomic E-state index is 12.7. The monoisotopic (exact) mass is 370 g/mol. The van der Waals surface area contributed by atoms with Gasteiger partial charge in [0.05, 0.1) is 4.90 Å². The SMILES string of the molecule is Cc1c(N)cc(Br)cc1S(=O)(=O)NC1C2C3CCC(C3)C12. The van der Waals surface area contributed by atoms with Gasteiger partial charge in [0, 0.05) is 16.2 Å². The van der Waals surface area contributed by atoms with Crippen LogP contribution in [0.25, 0.3) is 0 Å². The Kier molecular flexibility index (Phi) is 2.98. The molecule has 4 atom stereocenters. The Labute approximate surface area is 133 Å². The zero-order chi connectivity index (χ0) is 14.9. The molecule has 4 nitrogen and oxygen atoms in total. The van der Waals surface area contributed by atoms with Gasteiger partial charge in [-0.3, -0.25) is 0 Å². The van der Waals surface area contributed by atoms with Gasteiger partial charge < -0.3 is 5.73 Å². The standard InChI is InChI=1S/C15H19BrN2O2S/c1-7-11(17)5-10(16)6-12(7)21(19,20)18-15-13-8-2-3-9(4-8)14(13)15/h5-6,8-9,13-15,18H,2-4,17H2,1H3. The highest BCUT2D eigenvalue weighted by molar-refractivity contribution is 9.10. The summed E-state index contributed by atoms with van der Waals surface area (Å²) in [7, 11) is -3.49. The van der Waals surface area contributed by atoms with Crippen molar-refractivity contribution in [2.45, 2.75) is 37.1 Å². The van der Waals surface area contributed by atoms with Crippen molar-refractivity contribution >= 4 is 31.6 Å². The Morgan fingerprint density at radius 2 is 1.86 bits per heavy atom. The zero-order valence-electron chi connectivity index (χ0n) is 11.8. The molecule has 3 fully saturated rings. The average molecular weight is 371 g/mol. The molecule has 0 aromatic heterocycles. The van der Waals surface area contributed by atoms with Crippen LogP contribution in [0.1, 0.15) is 24.8 Å². The highest BCUT2D eigenvalue weighted by atomic mass is 79.9. The second-order valence-corrected chi connectivity index (χ2v) is 9.35. The summed E-state index contributed by atoms with van der Waals surface area (Å²) in [6, 6.07) is 3.53. The van der Waals surface area contributed by atoms with Crippen LogP contribution in [0.15, 0.2) is 21.5 Å². The first-order chi connectivity index (χ1) is 9.88. The van der Waals surface area contributed by atoms with Crippen molar-refractivity contribution < 1.29 is 8.42 Å². The largest absolute Gasteiger partial charge is 0.398 e. The van der Waals surface area contributed by atoms with Gasteiger partial charge in [-0.25, -0.2) is 13.1 Å². The second-order valence-electron chi connectivity index (χ2n) is 6.75. The van der Waals surface area contributed by atoms with Crippen LogP contribution in [-0.4, -0.2) is 14.5 Å². The van der Waals surface area contributed by atoms with Crippen molar-refractivity contribution in [1.82, 2.24) is 4.72 Å². The van der Waals surface area contributed by atoms with Crippen LogP contribution < -0.4 is 10.5 Å². The van der Waals surface area contributed by atoms with Crippen molar-refractivity contribution in [2.24, 2.45) is 23.7 Å². The number of nitrogens with one attached hydrogen (secondary N) is 1. The molecule has 4 rings (SSSR count). The molecule has 0 saturated heterocycles. The average Bonchev–Trinajstić information content (AvgIpc) is 2.82. The van der Waals surface area contributed by atoms with Gasteiger partial charge in [0.1, 0.15) is 0 Å². The van der Waals surface area contributed by atoms with Gasteiger partial charge in [-0.15, -0.1) is 0 Å². The molecule has 1 aromatic carbocycles. The topological polar surface area (TPSA) is 72.2 Å². The Morgan fingerprint density at radius 1 is 1.24 bits per heavy atom. The Balaban J connectivity index is 1.61. The summed E-state index contributed by atoms with van der Waals surface area (Å²) in [5, 5.41) is 0. The lowest BCUT2D eigenvalue weighted by Crippen LogP contribution is -2.30. The molecule has 0 spiro atoms. The van der Waals surface area contributed by atoms with Crippen molar-refractivity contribution in [3.63, 3.8) is 0 Å². The number of rotatable bonds is 3. The minimum atomic E-state index is -3.49. The number of hydrogen-bond donors (Lipinski definition) is 2. The Hall–Kier alpha value is -0.590. The van der Waals surface area contributed by atoms with E-state index in [0.717, 1.165) is 11.8 Å². The van der Waals surface area contributed by atoms with Crippen LogP contribution in [0.4, 0.5) is 5.69 Å². The lowest BCUT2D eigenvalue weighted by atomic mass is 10.0. The maximum Gasteiger partial charge on any atom is 0.241 e. The van der Waals surface area contributed by atoms with Gasteiger partial charge in [0.25, 0.3) is 0 Å². The minimum Gasteiger partial charge on any atom is -0.398 e. The summed E-state index contributed by atoms with van der Waals surface area (Å²) in [5.41, 5.74) is 7.01. The number of anilines is 1. The lowest BCUT2D eigenvalue weighted by molar-refractivity contribution is 0.456. The zero-order valence-corrected chi connectivity index (χ0v) is 14.2.